The van der Waals surface area contributed by atoms with Crippen molar-refractivity contribution in [1.29, 1.82) is 0 Å². The van der Waals surface area contributed by atoms with Crippen LogP contribution in [0.25, 0.3) is 0 Å². The van der Waals surface area contributed by atoms with Crippen LogP contribution in [-0.2, 0) is 4.74 Å². The van der Waals surface area contributed by atoms with Crippen molar-refractivity contribution in [3.05, 3.63) is 30.1 Å². The van der Waals surface area contributed by atoms with Crippen molar-refractivity contribution in [3.8, 4) is 0 Å². The molecule has 0 radical (unpaired) electrons. The molecule has 136 valence electrons. The Bertz CT molecular complexity index is 622. The third kappa shape index (κ3) is 2.82. The SMILES string of the molecule is C[C@H](c1ccccn1)N1[C@@H]2CC[C@H]1[C@@H]1CC[C@H]2N1C(=O)OC(C)(C)C. The van der Waals surface area contributed by atoms with Gasteiger partial charge in [0, 0.05) is 24.3 Å². The summed E-state index contributed by atoms with van der Waals surface area (Å²) in [6.45, 7) is 8.10. The molecule has 5 heteroatoms. The fourth-order valence-electron chi connectivity index (χ4n) is 5.22. The molecule has 25 heavy (non-hydrogen) atoms. The van der Waals surface area contributed by atoms with E-state index in [2.05, 4.69) is 33.8 Å². The number of hydrogen-bond acceptors (Lipinski definition) is 4. The van der Waals surface area contributed by atoms with Crippen molar-refractivity contribution >= 4 is 6.09 Å². The first-order valence-corrected chi connectivity index (χ1v) is 9.56. The van der Waals surface area contributed by atoms with Crippen LogP contribution < -0.4 is 0 Å². The Labute approximate surface area is 150 Å². The number of fused-ring (bicyclic) bond motifs is 6. The second-order valence-corrected chi connectivity index (χ2v) is 8.69. The lowest BCUT2D eigenvalue weighted by atomic mass is 10.0. The molecule has 1 amide bonds. The maximum absolute atomic E-state index is 12.8. The predicted octanol–water partition coefficient (Wildman–Crippen LogP) is 3.76. The van der Waals surface area contributed by atoms with Crippen LogP contribution in [0.5, 0.6) is 0 Å². The molecular formula is C20H29N3O2. The maximum Gasteiger partial charge on any atom is 0.410 e. The van der Waals surface area contributed by atoms with Gasteiger partial charge in [0.05, 0.1) is 17.8 Å². The summed E-state index contributed by atoms with van der Waals surface area (Å²) in [6.07, 6.45) is 6.28. The average molecular weight is 343 g/mol. The molecule has 0 spiro atoms. The van der Waals surface area contributed by atoms with Gasteiger partial charge in [0.2, 0.25) is 0 Å². The zero-order valence-corrected chi connectivity index (χ0v) is 15.7. The summed E-state index contributed by atoms with van der Waals surface area (Å²) >= 11 is 0. The molecule has 0 aromatic carbocycles. The highest BCUT2D eigenvalue weighted by Crippen LogP contribution is 2.49. The van der Waals surface area contributed by atoms with Gasteiger partial charge >= 0.3 is 6.09 Å². The Kier molecular flexibility index (Phi) is 4.02. The number of carbonyl (C=O) groups is 1. The summed E-state index contributed by atoms with van der Waals surface area (Å²) in [5, 5.41) is 0. The van der Waals surface area contributed by atoms with Gasteiger partial charge in [0.1, 0.15) is 5.60 Å². The van der Waals surface area contributed by atoms with Gasteiger partial charge in [-0.3, -0.25) is 14.8 Å². The summed E-state index contributed by atoms with van der Waals surface area (Å²) in [7, 11) is 0. The fraction of sp³-hybridized carbons (Fsp3) is 0.700. The monoisotopic (exact) mass is 343 g/mol. The van der Waals surface area contributed by atoms with E-state index in [1.54, 1.807) is 0 Å². The normalized spacial score (nSPS) is 32.7. The number of nitrogens with zero attached hydrogens (tertiary/aromatic N) is 3. The molecule has 1 aromatic rings. The van der Waals surface area contributed by atoms with E-state index in [4.69, 9.17) is 4.74 Å². The average Bonchev–Trinajstić information content (AvgIpc) is 3.08. The first-order chi connectivity index (χ1) is 11.9. The minimum absolute atomic E-state index is 0.123. The quantitative estimate of drug-likeness (QED) is 0.820. The maximum atomic E-state index is 12.8. The molecule has 4 bridgehead atoms. The number of carbonyl (C=O) groups excluding carboxylic acids is 1. The largest absolute Gasteiger partial charge is 0.444 e. The zero-order chi connectivity index (χ0) is 17.8. The fourth-order valence-corrected chi connectivity index (χ4v) is 5.22. The molecule has 5 nitrogen and oxygen atoms in total. The van der Waals surface area contributed by atoms with E-state index in [9.17, 15) is 4.79 Å². The Hall–Kier alpha value is -1.62. The van der Waals surface area contributed by atoms with Crippen molar-refractivity contribution in [2.75, 3.05) is 0 Å². The third-order valence-electron chi connectivity index (χ3n) is 6.05. The van der Waals surface area contributed by atoms with E-state index < -0.39 is 5.60 Å². The summed E-state index contributed by atoms with van der Waals surface area (Å²) in [4.78, 5) is 22.1. The molecule has 5 atom stereocenters. The zero-order valence-electron chi connectivity index (χ0n) is 15.7. The number of aromatic nitrogens is 1. The van der Waals surface area contributed by atoms with Crippen LogP contribution in [0.15, 0.2) is 24.4 Å². The first-order valence-electron chi connectivity index (χ1n) is 9.56. The van der Waals surface area contributed by atoms with Crippen molar-refractivity contribution in [2.24, 2.45) is 0 Å². The van der Waals surface area contributed by atoms with Gasteiger partial charge in [-0.2, -0.15) is 0 Å². The van der Waals surface area contributed by atoms with Gasteiger partial charge in [0.15, 0.2) is 0 Å². The molecule has 0 saturated carbocycles. The summed E-state index contributed by atoms with van der Waals surface area (Å²) < 4.78 is 5.72. The summed E-state index contributed by atoms with van der Waals surface area (Å²) in [5.41, 5.74) is 0.693. The highest BCUT2D eigenvalue weighted by Gasteiger charge is 2.58. The molecule has 3 aliphatic heterocycles. The standard InChI is InChI=1S/C20H29N3O2/c1-13(14-7-5-6-12-21-14)22-15-8-9-16(22)18-11-10-17(15)23(18)19(24)25-20(2,3)4/h5-7,12-13,15-18H,8-11H2,1-4H3/t13-,15-,16+,17-,18+/m1/s1. The molecule has 3 fully saturated rings. The Morgan fingerprint density at radius 3 is 2.24 bits per heavy atom. The molecular weight excluding hydrogens is 314 g/mol. The number of hydrogen-bond donors (Lipinski definition) is 0. The van der Waals surface area contributed by atoms with E-state index in [1.807, 2.05) is 33.0 Å². The van der Waals surface area contributed by atoms with E-state index >= 15 is 0 Å². The Morgan fingerprint density at radius 1 is 1.12 bits per heavy atom. The van der Waals surface area contributed by atoms with Gasteiger partial charge in [-0.05, 0) is 65.5 Å². The third-order valence-corrected chi connectivity index (χ3v) is 6.05. The van der Waals surface area contributed by atoms with Crippen LogP contribution in [-0.4, -0.2) is 50.6 Å². The molecule has 3 aliphatic rings. The van der Waals surface area contributed by atoms with Crippen molar-refractivity contribution < 1.29 is 9.53 Å². The lowest BCUT2D eigenvalue weighted by molar-refractivity contribution is -0.0373. The van der Waals surface area contributed by atoms with Crippen LogP contribution >= 0.6 is 0 Å². The topological polar surface area (TPSA) is 45.7 Å². The molecule has 3 saturated heterocycles. The lowest BCUT2D eigenvalue weighted by Gasteiger charge is -2.48. The van der Waals surface area contributed by atoms with Crippen molar-refractivity contribution in [3.63, 3.8) is 0 Å². The number of pyridine rings is 1. The van der Waals surface area contributed by atoms with E-state index in [0.29, 0.717) is 18.1 Å². The molecule has 0 unspecified atom stereocenters. The van der Waals surface area contributed by atoms with Crippen molar-refractivity contribution in [1.82, 2.24) is 14.8 Å². The second kappa shape index (κ2) is 5.97. The van der Waals surface area contributed by atoms with E-state index in [-0.39, 0.29) is 18.2 Å². The Balaban J connectivity index is 1.58. The number of piperazine rings is 1. The molecule has 4 rings (SSSR count). The first kappa shape index (κ1) is 16.8. The van der Waals surface area contributed by atoms with E-state index in [0.717, 1.165) is 18.5 Å². The number of rotatable bonds is 2. The molecule has 0 N–H and O–H groups in total. The lowest BCUT2D eigenvalue weighted by Crippen LogP contribution is -2.62. The minimum atomic E-state index is -0.437. The highest BCUT2D eigenvalue weighted by atomic mass is 16.6. The predicted molar refractivity (Wildman–Crippen MR) is 96.2 cm³/mol. The van der Waals surface area contributed by atoms with Crippen LogP contribution in [0.3, 0.4) is 0 Å². The van der Waals surface area contributed by atoms with Crippen LogP contribution in [0.1, 0.15) is 65.1 Å². The van der Waals surface area contributed by atoms with Gasteiger partial charge in [0.25, 0.3) is 0 Å². The van der Waals surface area contributed by atoms with Gasteiger partial charge in [-0.15, -0.1) is 0 Å². The van der Waals surface area contributed by atoms with Gasteiger partial charge in [-0.25, -0.2) is 4.79 Å². The molecule has 4 heterocycles. The summed E-state index contributed by atoms with van der Waals surface area (Å²) in [6, 6.07) is 7.85. The number of ether oxygens (including phenoxy) is 1. The van der Waals surface area contributed by atoms with Gasteiger partial charge < -0.3 is 4.74 Å². The van der Waals surface area contributed by atoms with Gasteiger partial charge in [-0.1, -0.05) is 6.07 Å². The van der Waals surface area contributed by atoms with E-state index in [1.165, 1.54) is 12.8 Å². The Morgan fingerprint density at radius 2 is 1.72 bits per heavy atom. The minimum Gasteiger partial charge on any atom is -0.444 e. The van der Waals surface area contributed by atoms with Crippen molar-refractivity contribution in [2.45, 2.75) is 89.2 Å². The van der Waals surface area contributed by atoms with Crippen LogP contribution in [0.2, 0.25) is 0 Å². The van der Waals surface area contributed by atoms with Crippen LogP contribution in [0, 0.1) is 0 Å². The smallest absolute Gasteiger partial charge is 0.410 e. The number of amides is 1. The van der Waals surface area contributed by atoms with Crippen LogP contribution in [0.4, 0.5) is 4.79 Å². The summed E-state index contributed by atoms with van der Waals surface area (Å²) in [5.74, 6) is 0. The second-order valence-electron chi connectivity index (χ2n) is 8.69. The highest BCUT2D eigenvalue weighted by molar-refractivity contribution is 5.70. The molecule has 0 aliphatic carbocycles. The molecule has 1 aromatic heterocycles.